The second kappa shape index (κ2) is 5.46. The lowest BCUT2D eigenvalue weighted by atomic mass is 10.1. The number of hydrogen-bond acceptors (Lipinski definition) is 3. The first-order valence-electron chi connectivity index (χ1n) is 6.13. The van der Waals surface area contributed by atoms with Gasteiger partial charge < -0.3 is 15.4 Å². The van der Waals surface area contributed by atoms with Crippen molar-refractivity contribution >= 4 is 27.5 Å². The fraction of sp³-hybridized carbons (Fsp3) is 0.462. The smallest absolute Gasteiger partial charge is 0.161 e. The summed E-state index contributed by atoms with van der Waals surface area (Å²) in [6.07, 6.45) is 0.129. The van der Waals surface area contributed by atoms with E-state index >= 15 is 0 Å². The average molecular weight is 330 g/mol. The summed E-state index contributed by atoms with van der Waals surface area (Å²) in [5.74, 6) is -0.532. The number of anilines is 1. The van der Waals surface area contributed by atoms with Crippen LogP contribution in [0.4, 0.5) is 10.1 Å². The number of hydrogen-bond donors (Lipinski definition) is 2. The highest BCUT2D eigenvalue weighted by Crippen LogP contribution is 2.31. The Morgan fingerprint density at radius 2 is 2.00 bits per heavy atom. The van der Waals surface area contributed by atoms with Gasteiger partial charge in [0.2, 0.25) is 0 Å². The molecular formula is C13H17BrFN3O. The summed E-state index contributed by atoms with van der Waals surface area (Å²) < 4.78 is 20.3. The van der Waals surface area contributed by atoms with Crippen LogP contribution in [-0.2, 0) is 4.74 Å². The monoisotopic (exact) mass is 329 g/mol. The molecule has 2 atom stereocenters. The van der Waals surface area contributed by atoms with E-state index in [1.54, 1.807) is 12.1 Å². The molecule has 0 bridgehead atoms. The van der Waals surface area contributed by atoms with E-state index in [1.807, 2.05) is 18.7 Å². The Morgan fingerprint density at radius 1 is 1.42 bits per heavy atom. The van der Waals surface area contributed by atoms with Crippen molar-refractivity contribution in [2.24, 2.45) is 5.73 Å². The molecule has 1 heterocycles. The lowest BCUT2D eigenvalue weighted by Gasteiger charge is -2.37. The Bertz CT molecular complexity index is 499. The van der Waals surface area contributed by atoms with Crippen molar-refractivity contribution in [1.29, 1.82) is 5.41 Å². The molecule has 0 spiro atoms. The predicted octanol–water partition coefficient (Wildman–Crippen LogP) is 2.49. The maximum absolute atomic E-state index is 14.4. The van der Waals surface area contributed by atoms with Gasteiger partial charge in [0, 0.05) is 18.7 Å². The summed E-state index contributed by atoms with van der Waals surface area (Å²) >= 11 is 3.17. The predicted molar refractivity (Wildman–Crippen MR) is 77.3 cm³/mol. The van der Waals surface area contributed by atoms with Gasteiger partial charge in [0.1, 0.15) is 5.84 Å². The third-order valence-corrected chi connectivity index (χ3v) is 3.89. The SMILES string of the molecule is C[C@@H]1CN(c2ccc(C(=N)N)c(Br)c2F)C[C@H](C)O1. The van der Waals surface area contributed by atoms with Crippen LogP contribution in [0.3, 0.4) is 0 Å². The molecule has 4 nitrogen and oxygen atoms in total. The Balaban J connectivity index is 2.35. The third kappa shape index (κ3) is 2.90. The largest absolute Gasteiger partial charge is 0.384 e. The van der Waals surface area contributed by atoms with E-state index in [1.165, 1.54) is 0 Å². The number of halogens is 2. The van der Waals surface area contributed by atoms with E-state index in [0.29, 0.717) is 24.3 Å². The van der Waals surface area contributed by atoms with E-state index in [2.05, 4.69) is 15.9 Å². The van der Waals surface area contributed by atoms with Gasteiger partial charge in [-0.3, -0.25) is 5.41 Å². The first kappa shape index (κ1) is 14.3. The second-order valence-electron chi connectivity index (χ2n) is 4.84. The number of amidine groups is 1. The van der Waals surface area contributed by atoms with E-state index in [0.717, 1.165) is 0 Å². The number of nitrogens with zero attached hydrogens (tertiary/aromatic N) is 1. The highest BCUT2D eigenvalue weighted by molar-refractivity contribution is 9.10. The van der Waals surface area contributed by atoms with Gasteiger partial charge in [-0.2, -0.15) is 0 Å². The first-order valence-corrected chi connectivity index (χ1v) is 6.92. The standard InChI is InChI=1S/C13H17BrFN3O/c1-7-5-18(6-8(2)19-7)10-4-3-9(13(16)17)11(14)12(10)15/h3-4,7-8H,5-6H2,1-2H3,(H3,16,17)/t7-,8+. The molecule has 1 saturated heterocycles. The van der Waals surface area contributed by atoms with Gasteiger partial charge in [-0.1, -0.05) is 0 Å². The van der Waals surface area contributed by atoms with Gasteiger partial charge in [-0.05, 0) is 41.9 Å². The molecule has 0 aromatic heterocycles. The second-order valence-corrected chi connectivity index (χ2v) is 5.63. The van der Waals surface area contributed by atoms with Crippen molar-refractivity contribution in [3.8, 4) is 0 Å². The van der Waals surface area contributed by atoms with Gasteiger partial charge in [0.05, 0.1) is 22.4 Å². The van der Waals surface area contributed by atoms with Crippen molar-refractivity contribution in [3.63, 3.8) is 0 Å². The summed E-state index contributed by atoms with van der Waals surface area (Å²) in [6, 6.07) is 3.33. The highest BCUT2D eigenvalue weighted by Gasteiger charge is 2.25. The Morgan fingerprint density at radius 3 is 2.53 bits per heavy atom. The van der Waals surface area contributed by atoms with Crippen molar-refractivity contribution in [2.75, 3.05) is 18.0 Å². The third-order valence-electron chi connectivity index (χ3n) is 3.11. The van der Waals surface area contributed by atoms with Crippen LogP contribution in [-0.4, -0.2) is 31.1 Å². The fourth-order valence-electron chi connectivity index (χ4n) is 2.37. The van der Waals surface area contributed by atoms with E-state index < -0.39 is 0 Å². The van der Waals surface area contributed by atoms with Gasteiger partial charge in [-0.15, -0.1) is 0 Å². The number of ether oxygens (including phenoxy) is 1. The molecule has 0 aliphatic carbocycles. The van der Waals surface area contributed by atoms with Crippen LogP contribution in [0.15, 0.2) is 16.6 Å². The fourth-order valence-corrected chi connectivity index (χ4v) is 2.91. The zero-order valence-corrected chi connectivity index (χ0v) is 12.5. The summed E-state index contributed by atoms with van der Waals surface area (Å²) in [4.78, 5) is 1.96. The van der Waals surface area contributed by atoms with Gasteiger partial charge in [0.25, 0.3) is 0 Å². The molecule has 1 aromatic carbocycles. The first-order chi connectivity index (χ1) is 8.90. The minimum Gasteiger partial charge on any atom is -0.384 e. The number of nitrogens with one attached hydrogen (secondary N) is 1. The maximum atomic E-state index is 14.4. The van der Waals surface area contributed by atoms with Gasteiger partial charge >= 0.3 is 0 Å². The molecule has 0 unspecified atom stereocenters. The Kier molecular flexibility index (Phi) is 4.10. The van der Waals surface area contributed by atoms with Crippen LogP contribution >= 0.6 is 15.9 Å². The molecule has 0 amide bonds. The molecule has 19 heavy (non-hydrogen) atoms. The van der Waals surface area contributed by atoms with Gasteiger partial charge in [0.15, 0.2) is 5.82 Å². The lowest BCUT2D eigenvalue weighted by molar-refractivity contribution is -0.00539. The summed E-state index contributed by atoms with van der Waals surface area (Å²) in [5.41, 5.74) is 6.29. The van der Waals surface area contributed by atoms with Crippen LogP contribution in [0.2, 0.25) is 0 Å². The minimum atomic E-state index is -0.381. The van der Waals surface area contributed by atoms with Crippen LogP contribution < -0.4 is 10.6 Å². The van der Waals surface area contributed by atoms with Crippen molar-refractivity contribution in [2.45, 2.75) is 26.1 Å². The molecule has 2 rings (SSSR count). The van der Waals surface area contributed by atoms with Crippen molar-refractivity contribution in [1.82, 2.24) is 0 Å². The summed E-state index contributed by atoms with van der Waals surface area (Å²) in [6.45, 7) is 5.24. The van der Waals surface area contributed by atoms with E-state index in [4.69, 9.17) is 15.9 Å². The zero-order valence-electron chi connectivity index (χ0n) is 10.9. The molecule has 3 N–H and O–H groups in total. The quantitative estimate of drug-likeness (QED) is 0.647. The number of nitrogens with two attached hydrogens (primary N) is 1. The number of nitrogen functional groups attached to an aromatic ring is 1. The average Bonchev–Trinajstić information content (AvgIpc) is 2.30. The normalized spacial score (nSPS) is 23.5. The van der Waals surface area contributed by atoms with Crippen LogP contribution in [0, 0.1) is 11.2 Å². The summed E-state index contributed by atoms with van der Waals surface area (Å²) in [5, 5.41) is 7.40. The molecule has 1 aliphatic rings. The van der Waals surface area contributed by atoms with Gasteiger partial charge in [-0.25, -0.2) is 4.39 Å². The molecule has 104 valence electrons. The molecule has 1 aromatic rings. The summed E-state index contributed by atoms with van der Waals surface area (Å²) in [7, 11) is 0. The van der Waals surface area contributed by atoms with Crippen molar-refractivity contribution < 1.29 is 9.13 Å². The molecule has 1 aliphatic heterocycles. The van der Waals surface area contributed by atoms with E-state index in [9.17, 15) is 4.39 Å². The Labute approximate surface area is 120 Å². The number of rotatable bonds is 2. The molecule has 6 heteroatoms. The van der Waals surface area contributed by atoms with Crippen LogP contribution in [0.25, 0.3) is 0 Å². The number of morpholine rings is 1. The zero-order chi connectivity index (χ0) is 14.2. The number of benzene rings is 1. The van der Waals surface area contributed by atoms with Crippen LogP contribution in [0.1, 0.15) is 19.4 Å². The molecule has 1 fully saturated rings. The van der Waals surface area contributed by atoms with E-state index in [-0.39, 0.29) is 28.3 Å². The maximum Gasteiger partial charge on any atom is 0.161 e. The molecule has 0 radical (unpaired) electrons. The molecule has 0 saturated carbocycles. The van der Waals surface area contributed by atoms with Crippen LogP contribution in [0.5, 0.6) is 0 Å². The molecular weight excluding hydrogens is 313 g/mol. The minimum absolute atomic E-state index is 0.0643. The Hall–Kier alpha value is -1.14. The van der Waals surface area contributed by atoms with Crippen molar-refractivity contribution in [3.05, 3.63) is 28.0 Å². The highest BCUT2D eigenvalue weighted by atomic mass is 79.9. The lowest BCUT2D eigenvalue weighted by Crippen LogP contribution is -2.45. The topological polar surface area (TPSA) is 62.3 Å².